The SMILES string of the molecule is COc1ccc(CCNC(=O)CCn2c3ccccc3c3nc4ccccc4nc32)cc1. The maximum atomic E-state index is 12.5. The third-order valence-electron chi connectivity index (χ3n) is 5.72. The number of benzene rings is 3. The van der Waals surface area contributed by atoms with Crippen molar-refractivity contribution in [3.05, 3.63) is 78.4 Å². The van der Waals surface area contributed by atoms with Crippen molar-refractivity contribution in [1.29, 1.82) is 0 Å². The van der Waals surface area contributed by atoms with E-state index < -0.39 is 0 Å². The van der Waals surface area contributed by atoms with Crippen LogP contribution in [0.2, 0.25) is 0 Å². The van der Waals surface area contributed by atoms with Crippen LogP contribution in [0.25, 0.3) is 33.1 Å². The molecule has 5 rings (SSSR count). The van der Waals surface area contributed by atoms with Gasteiger partial charge in [-0.3, -0.25) is 4.79 Å². The highest BCUT2D eigenvalue weighted by molar-refractivity contribution is 6.06. The molecule has 0 atom stereocenters. The molecule has 0 unspecified atom stereocenters. The zero-order valence-corrected chi connectivity index (χ0v) is 17.9. The van der Waals surface area contributed by atoms with Gasteiger partial charge in [0, 0.05) is 24.9 Å². The Kier molecular flexibility index (Phi) is 5.42. The van der Waals surface area contributed by atoms with E-state index in [9.17, 15) is 4.79 Å². The molecule has 0 saturated heterocycles. The molecule has 0 aliphatic carbocycles. The number of aromatic nitrogens is 3. The highest BCUT2D eigenvalue weighted by atomic mass is 16.5. The van der Waals surface area contributed by atoms with Gasteiger partial charge in [-0.05, 0) is 42.3 Å². The molecule has 0 aliphatic rings. The predicted octanol–water partition coefficient (Wildman–Crippen LogP) is 4.50. The number of carbonyl (C=O) groups is 1. The summed E-state index contributed by atoms with van der Waals surface area (Å²) < 4.78 is 7.29. The Labute approximate surface area is 185 Å². The quantitative estimate of drug-likeness (QED) is 0.418. The third-order valence-corrected chi connectivity index (χ3v) is 5.72. The molecule has 5 aromatic rings. The van der Waals surface area contributed by atoms with Crippen LogP contribution in [0.5, 0.6) is 5.75 Å². The first-order chi connectivity index (χ1) is 15.7. The molecule has 0 aliphatic heterocycles. The Balaban J connectivity index is 1.31. The van der Waals surface area contributed by atoms with E-state index in [1.54, 1.807) is 7.11 Å². The van der Waals surface area contributed by atoms with Crippen molar-refractivity contribution < 1.29 is 9.53 Å². The van der Waals surface area contributed by atoms with Crippen LogP contribution in [0.1, 0.15) is 12.0 Å². The van der Waals surface area contributed by atoms with Crippen LogP contribution in [0.15, 0.2) is 72.8 Å². The Bertz CT molecular complexity index is 1410. The number of aryl methyl sites for hydroxylation is 1. The molecule has 1 N–H and O–H groups in total. The van der Waals surface area contributed by atoms with Crippen LogP contribution >= 0.6 is 0 Å². The van der Waals surface area contributed by atoms with E-state index in [1.165, 1.54) is 0 Å². The molecular formula is C26H24N4O2. The van der Waals surface area contributed by atoms with Gasteiger partial charge in [-0.1, -0.05) is 42.5 Å². The van der Waals surface area contributed by atoms with Crippen LogP contribution in [0.3, 0.4) is 0 Å². The first-order valence-corrected chi connectivity index (χ1v) is 10.8. The molecule has 3 aromatic carbocycles. The number of amides is 1. The minimum Gasteiger partial charge on any atom is -0.497 e. The first kappa shape index (κ1) is 20.0. The monoisotopic (exact) mass is 424 g/mol. The number of nitrogens with zero attached hydrogens (tertiary/aromatic N) is 3. The molecule has 0 fully saturated rings. The Morgan fingerprint density at radius 3 is 2.44 bits per heavy atom. The summed E-state index contributed by atoms with van der Waals surface area (Å²) in [4.78, 5) is 22.3. The zero-order valence-electron chi connectivity index (χ0n) is 17.9. The molecule has 160 valence electrons. The molecule has 0 saturated carbocycles. The van der Waals surface area contributed by atoms with Crippen molar-refractivity contribution in [3.8, 4) is 5.75 Å². The topological polar surface area (TPSA) is 69.0 Å². The third kappa shape index (κ3) is 3.87. The van der Waals surface area contributed by atoms with Gasteiger partial charge in [0.25, 0.3) is 0 Å². The lowest BCUT2D eigenvalue weighted by Gasteiger charge is -2.09. The van der Waals surface area contributed by atoms with E-state index in [2.05, 4.69) is 22.0 Å². The fourth-order valence-corrected chi connectivity index (χ4v) is 4.05. The maximum Gasteiger partial charge on any atom is 0.221 e. The minimum absolute atomic E-state index is 0.0261. The van der Waals surface area contributed by atoms with Crippen LogP contribution < -0.4 is 10.1 Å². The summed E-state index contributed by atoms with van der Waals surface area (Å²) in [5.41, 5.74) is 5.63. The summed E-state index contributed by atoms with van der Waals surface area (Å²) >= 11 is 0. The summed E-state index contributed by atoms with van der Waals surface area (Å²) in [6, 6.07) is 23.9. The van der Waals surface area contributed by atoms with Crippen LogP contribution in [-0.4, -0.2) is 34.1 Å². The van der Waals surface area contributed by atoms with Crippen LogP contribution in [-0.2, 0) is 17.8 Å². The molecule has 6 nitrogen and oxygen atoms in total. The van der Waals surface area contributed by atoms with E-state index in [0.29, 0.717) is 19.5 Å². The molecule has 1 amide bonds. The average molecular weight is 425 g/mol. The summed E-state index contributed by atoms with van der Waals surface area (Å²) in [6.07, 6.45) is 1.16. The van der Waals surface area contributed by atoms with Gasteiger partial charge in [0.2, 0.25) is 5.91 Å². The van der Waals surface area contributed by atoms with E-state index in [4.69, 9.17) is 14.7 Å². The normalized spacial score (nSPS) is 11.3. The number of carbonyl (C=O) groups excluding carboxylic acids is 1. The number of hydrogen-bond donors (Lipinski definition) is 1. The van der Waals surface area contributed by atoms with Crippen molar-refractivity contribution in [1.82, 2.24) is 19.9 Å². The highest BCUT2D eigenvalue weighted by Gasteiger charge is 2.15. The molecule has 0 spiro atoms. The molecule has 2 aromatic heterocycles. The molecule has 6 heteroatoms. The zero-order chi connectivity index (χ0) is 21.9. The Morgan fingerprint density at radius 1 is 0.938 bits per heavy atom. The number of ether oxygens (including phenoxy) is 1. The van der Waals surface area contributed by atoms with Crippen molar-refractivity contribution >= 4 is 39.0 Å². The van der Waals surface area contributed by atoms with Gasteiger partial charge in [-0.2, -0.15) is 0 Å². The van der Waals surface area contributed by atoms with Crippen molar-refractivity contribution in [2.75, 3.05) is 13.7 Å². The van der Waals surface area contributed by atoms with Gasteiger partial charge in [-0.15, -0.1) is 0 Å². The molecular weight excluding hydrogens is 400 g/mol. The highest BCUT2D eigenvalue weighted by Crippen LogP contribution is 2.28. The average Bonchev–Trinajstić information content (AvgIpc) is 3.14. The van der Waals surface area contributed by atoms with Gasteiger partial charge in [0.05, 0.1) is 23.7 Å². The van der Waals surface area contributed by atoms with Crippen LogP contribution in [0, 0.1) is 0 Å². The van der Waals surface area contributed by atoms with Crippen molar-refractivity contribution in [3.63, 3.8) is 0 Å². The number of rotatable bonds is 7. The second-order valence-electron chi connectivity index (χ2n) is 7.75. The lowest BCUT2D eigenvalue weighted by molar-refractivity contribution is -0.121. The summed E-state index contributed by atoms with van der Waals surface area (Å²) in [6.45, 7) is 1.15. The fraction of sp³-hybridized carbons (Fsp3) is 0.192. The summed E-state index contributed by atoms with van der Waals surface area (Å²) in [5.74, 6) is 0.859. The van der Waals surface area contributed by atoms with Crippen LogP contribution in [0.4, 0.5) is 0 Å². The number of methoxy groups -OCH3 is 1. The number of nitrogens with one attached hydrogen (secondary N) is 1. The van der Waals surface area contributed by atoms with E-state index in [1.807, 2.05) is 60.7 Å². The smallest absolute Gasteiger partial charge is 0.221 e. The number of para-hydroxylation sites is 3. The molecule has 0 bridgehead atoms. The van der Waals surface area contributed by atoms with Gasteiger partial charge < -0.3 is 14.6 Å². The second kappa shape index (κ2) is 8.67. The first-order valence-electron chi connectivity index (χ1n) is 10.8. The lowest BCUT2D eigenvalue weighted by Crippen LogP contribution is -2.26. The number of fused-ring (bicyclic) bond motifs is 4. The van der Waals surface area contributed by atoms with Gasteiger partial charge in [0.1, 0.15) is 11.3 Å². The Hall–Kier alpha value is -3.93. The second-order valence-corrected chi connectivity index (χ2v) is 7.75. The van der Waals surface area contributed by atoms with Crippen molar-refractivity contribution in [2.45, 2.75) is 19.4 Å². The number of hydrogen-bond acceptors (Lipinski definition) is 4. The predicted molar refractivity (Wildman–Crippen MR) is 127 cm³/mol. The van der Waals surface area contributed by atoms with E-state index >= 15 is 0 Å². The van der Waals surface area contributed by atoms with E-state index in [-0.39, 0.29) is 5.91 Å². The maximum absolute atomic E-state index is 12.5. The minimum atomic E-state index is 0.0261. The van der Waals surface area contributed by atoms with Gasteiger partial charge >= 0.3 is 0 Å². The largest absolute Gasteiger partial charge is 0.497 e. The van der Waals surface area contributed by atoms with E-state index in [0.717, 1.165) is 50.8 Å². The fourth-order valence-electron chi connectivity index (χ4n) is 4.05. The van der Waals surface area contributed by atoms with Gasteiger partial charge in [-0.25, -0.2) is 9.97 Å². The standard InChI is InChI=1S/C26H24N4O2/c1-32-19-12-10-18(11-13-19)14-16-27-24(31)15-17-30-23-9-5-2-6-20(23)25-26(30)29-22-8-4-3-7-21(22)28-25/h2-13H,14-17H2,1H3,(H,27,31). The van der Waals surface area contributed by atoms with Crippen molar-refractivity contribution in [2.24, 2.45) is 0 Å². The van der Waals surface area contributed by atoms with Gasteiger partial charge in [0.15, 0.2) is 5.65 Å². The lowest BCUT2D eigenvalue weighted by atomic mass is 10.1. The Morgan fingerprint density at radius 2 is 1.66 bits per heavy atom. The summed E-state index contributed by atoms with van der Waals surface area (Å²) in [5, 5.41) is 4.08. The molecule has 32 heavy (non-hydrogen) atoms. The molecule has 0 radical (unpaired) electrons. The molecule has 2 heterocycles. The summed E-state index contributed by atoms with van der Waals surface area (Å²) in [7, 11) is 1.65.